The first-order valence-electron chi connectivity index (χ1n) is 8.43. The molecule has 0 aromatic carbocycles. The van der Waals surface area contributed by atoms with E-state index in [1.807, 2.05) is 12.1 Å². The molecule has 1 amide bonds. The summed E-state index contributed by atoms with van der Waals surface area (Å²) < 4.78 is 7.19. The van der Waals surface area contributed by atoms with E-state index in [1.54, 1.807) is 30.7 Å². The minimum Gasteiger partial charge on any atom is -0.480 e. The van der Waals surface area contributed by atoms with E-state index >= 15 is 0 Å². The van der Waals surface area contributed by atoms with Gasteiger partial charge < -0.3 is 14.6 Å². The van der Waals surface area contributed by atoms with E-state index < -0.39 is 0 Å². The van der Waals surface area contributed by atoms with Crippen molar-refractivity contribution in [2.75, 3.05) is 12.4 Å². The molecule has 3 heterocycles. The molecule has 132 valence electrons. The van der Waals surface area contributed by atoms with Crippen LogP contribution in [0.4, 0.5) is 5.82 Å². The lowest BCUT2D eigenvalue weighted by Crippen LogP contribution is -2.18. The van der Waals surface area contributed by atoms with Gasteiger partial charge in [0.1, 0.15) is 23.4 Å². The SMILES string of the molecule is COc1ncccc1C(=O)Nc1cccc(-c2nncn2C2CCC2)n1. The van der Waals surface area contributed by atoms with Gasteiger partial charge in [-0.2, -0.15) is 0 Å². The molecule has 8 heteroatoms. The number of pyridine rings is 2. The number of carbonyl (C=O) groups is 1. The Morgan fingerprint density at radius 3 is 2.92 bits per heavy atom. The van der Waals surface area contributed by atoms with Crippen molar-refractivity contribution in [1.29, 1.82) is 0 Å². The number of amides is 1. The summed E-state index contributed by atoms with van der Waals surface area (Å²) in [6.07, 6.45) is 6.79. The zero-order chi connectivity index (χ0) is 17.9. The van der Waals surface area contributed by atoms with Gasteiger partial charge in [-0.15, -0.1) is 10.2 Å². The predicted octanol–water partition coefficient (Wildman–Crippen LogP) is 2.72. The first-order chi connectivity index (χ1) is 12.8. The van der Waals surface area contributed by atoms with Crippen LogP contribution in [-0.2, 0) is 0 Å². The molecular weight excluding hydrogens is 332 g/mol. The van der Waals surface area contributed by atoms with Gasteiger partial charge in [0, 0.05) is 12.2 Å². The second kappa shape index (κ2) is 6.91. The van der Waals surface area contributed by atoms with Crippen LogP contribution in [0.1, 0.15) is 35.7 Å². The fourth-order valence-corrected chi connectivity index (χ4v) is 2.90. The molecule has 4 rings (SSSR count). The third kappa shape index (κ3) is 3.01. The highest BCUT2D eigenvalue weighted by atomic mass is 16.5. The number of nitrogens with one attached hydrogen (secondary N) is 1. The quantitative estimate of drug-likeness (QED) is 0.760. The third-order valence-electron chi connectivity index (χ3n) is 4.47. The average Bonchev–Trinajstić information content (AvgIpc) is 3.09. The summed E-state index contributed by atoms with van der Waals surface area (Å²) in [5, 5.41) is 11.0. The van der Waals surface area contributed by atoms with Crippen molar-refractivity contribution in [1.82, 2.24) is 24.7 Å². The molecule has 0 radical (unpaired) electrons. The lowest BCUT2D eigenvalue weighted by molar-refractivity contribution is 0.102. The number of hydrogen-bond acceptors (Lipinski definition) is 6. The van der Waals surface area contributed by atoms with Crippen molar-refractivity contribution in [2.24, 2.45) is 0 Å². The lowest BCUT2D eigenvalue weighted by Gasteiger charge is -2.27. The maximum atomic E-state index is 12.5. The van der Waals surface area contributed by atoms with Crippen LogP contribution in [0.3, 0.4) is 0 Å². The van der Waals surface area contributed by atoms with E-state index in [2.05, 4.69) is 30.0 Å². The molecule has 0 saturated heterocycles. The minimum absolute atomic E-state index is 0.269. The Balaban J connectivity index is 1.58. The summed E-state index contributed by atoms with van der Waals surface area (Å²) in [5.74, 6) is 1.08. The van der Waals surface area contributed by atoms with Gasteiger partial charge in [-0.05, 0) is 43.5 Å². The number of anilines is 1. The molecule has 0 atom stereocenters. The number of aromatic nitrogens is 5. The molecule has 1 fully saturated rings. The standard InChI is InChI=1S/C18H18N6O2/c1-26-18-13(7-4-10-19-18)17(25)22-15-9-3-8-14(21-15)16-23-20-11-24(16)12-5-2-6-12/h3-4,7-12H,2,5-6H2,1H3,(H,21,22,25). The number of methoxy groups -OCH3 is 1. The summed E-state index contributed by atoms with van der Waals surface area (Å²) in [5.41, 5.74) is 1.02. The van der Waals surface area contributed by atoms with Gasteiger partial charge in [0.05, 0.1) is 7.11 Å². The fraction of sp³-hybridized carbons (Fsp3) is 0.278. The largest absolute Gasteiger partial charge is 0.480 e. The highest BCUT2D eigenvalue weighted by Crippen LogP contribution is 2.34. The number of rotatable bonds is 5. The highest BCUT2D eigenvalue weighted by molar-refractivity contribution is 6.05. The van der Waals surface area contributed by atoms with Crippen LogP contribution in [0.5, 0.6) is 5.88 Å². The second-order valence-corrected chi connectivity index (χ2v) is 6.07. The topological polar surface area (TPSA) is 94.8 Å². The van der Waals surface area contributed by atoms with E-state index in [0.717, 1.165) is 12.8 Å². The predicted molar refractivity (Wildman–Crippen MR) is 94.9 cm³/mol. The van der Waals surface area contributed by atoms with Crippen molar-refractivity contribution in [3.8, 4) is 17.4 Å². The molecule has 8 nitrogen and oxygen atoms in total. The molecule has 1 saturated carbocycles. The molecule has 1 aliphatic rings. The molecule has 0 spiro atoms. The van der Waals surface area contributed by atoms with Gasteiger partial charge in [0.25, 0.3) is 5.91 Å². The molecule has 0 aliphatic heterocycles. The van der Waals surface area contributed by atoms with Crippen LogP contribution < -0.4 is 10.1 Å². The lowest BCUT2D eigenvalue weighted by atomic mass is 9.93. The Morgan fingerprint density at radius 2 is 2.15 bits per heavy atom. The van der Waals surface area contributed by atoms with Gasteiger partial charge in [-0.25, -0.2) is 9.97 Å². The van der Waals surface area contributed by atoms with Gasteiger partial charge >= 0.3 is 0 Å². The van der Waals surface area contributed by atoms with E-state index in [9.17, 15) is 4.79 Å². The number of ether oxygens (including phenoxy) is 1. The molecule has 0 unspecified atom stereocenters. The summed E-state index contributed by atoms with van der Waals surface area (Å²) in [6, 6.07) is 9.19. The van der Waals surface area contributed by atoms with Crippen molar-refractivity contribution in [3.63, 3.8) is 0 Å². The maximum absolute atomic E-state index is 12.5. The van der Waals surface area contributed by atoms with Crippen LogP contribution in [0.2, 0.25) is 0 Å². The Kier molecular flexibility index (Phi) is 4.30. The molecule has 0 bridgehead atoms. The third-order valence-corrected chi connectivity index (χ3v) is 4.47. The second-order valence-electron chi connectivity index (χ2n) is 6.07. The molecule has 1 N–H and O–H groups in total. The first kappa shape index (κ1) is 16.2. The van der Waals surface area contributed by atoms with Gasteiger partial charge in [0.15, 0.2) is 5.82 Å². The van der Waals surface area contributed by atoms with Crippen LogP contribution in [0, 0.1) is 0 Å². The zero-order valence-electron chi connectivity index (χ0n) is 14.3. The Labute approximate surface area is 150 Å². The van der Waals surface area contributed by atoms with E-state index in [1.165, 1.54) is 13.5 Å². The summed E-state index contributed by atoms with van der Waals surface area (Å²) in [6.45, 7) is 0. The minimum atomic E-state index is -0.333. The molecule has 26 heavy (non-hydrogen) atoms. The maximum Gasteiger partial charge on any atom is 0.262 e. The van der Waals surface area contributed by atoms with E-state index in [4.69, 9.17) is 4.74 Å². The van der Waals surface area contributed by atoms with Crippen molar-refractivity contribution in [3.05, 3.63) is 48.4 Å². The summed E-state index contributed by atoms with van der Waals surface area (Å²) >= 11 is 0. The number of hydrogen-bond donors (Lipinski definition) is 1. The van der Waals surface area contributed by atoms with Crippen LogP contribution in [-0.4, -0.2) is 37.7 Å². The Morgan fingerprint density at radius 1 is 1.27 bits per heavy atom. The number of carbonyl (C=O) groups excluding carboxylic acids is 1. The van der Waals surface area contributed by atoms with E-state index in [-0.39, 0.29) is 11.8 Å². The Hall–Kier alpha value is -3.29. The smallest absolute Gasteiger partial charge is 0.262 e. The molecule has 3 aromatic heterocycles. The van der Waals surface area contributed by atoms with Gasteiger partial charge in [0.2, 0.25) is 5.88 Å². The first-order valence-corrected chi connectivity index (χ1v) is 8.43. The normalized spacial score (nSPS) is 13.9. The van der Waals surface area contributed by atoms with Crippen molar-refractivity contribution in [2.45, 2.75) is 25.3 Å². The van der Waals surface area contributed by atoms with Gasteiger partial charge in [-0.3, -0.25) is 4.79 Å². The molecular formula is C18H18N6O2. The van der Waals surface area contributed by atoms with Crippen molar-refractivity contribution >= 4 is 11.7 Å². The summed E-state index contributed by atoms with van der Waals surface area (Å²) in [7, 11) is 1.48. The summed E-state index contributed by atoms with van der Waals surface area (Å²) in [4.78, 5) is 21.1. The van der Waals surface area contributed by atoms with Crippen LogP contribution in [0.15, 0.2) is 42.9 Å². The fourth-order valence-electron chi connectivity index (χ4n) is 2.90. The van der Waals surface area contributed by atoms with Crippen LogP contribution in [0.25, 0.3) is 11.5 Å². The van der Waals surface area contributed by atoms with E-state index in [0.29, 0.717) is 28.9 Å². The monoisotopic (exact) mass is 350 g/mol. The molecule has 1 aliphatic carbocycles. The Bertz CT molecular complexity index is 935. The highest BCUT2D eigenvalue weighted by Gasteiger charge is 2.23. The average molecular weight is 350 g/mol. The van der Waals surface area contributed by atoms with Crippen LogP contribution >= 0.6 is 0 Å². The van der Waals surface area contributed by atoms with Crippen molar-refractivity contribution < 1.29 is 9.53 Å². The molecule has 3 aromatic rings. The zero-order valence-corrected chi connectivity index (χ0v) is 14.3. The number of nitrogens with zero attached hydrogens (tertiary/aromatic N) is 5. The van der Waals surface area contributed by atoms with Gasteiger partial charge in [-0.1, -0.05) is 6.07 Å².